The van der Waals surface area contributed by atoms with Gasteiger partial charge in [0.05, 0.1) is 35.5 Å². The maximum atomic E-state index is 13.7. The van der Waals surface area contributed by atoms with Gasteiger partial charge < -0.3 is 14.1 Å². The van der Waals surface area contributed by atoms with Crippen molar-refractivity contribution in [1.29, 1.82) is 0 Å². The van der Waals surface area contributed by atoms with E-state index in [1.54, 1.807) is 30.7 Å². The highest BCUT2D eigenvalue weighted by molar-refractivity contribution is 8.26. The first-order valence-electron chi connectivity index (χ1n) is 11.0. The number of hydrogen-bond acceptors (Lipinski definition) is 8. The molecule has 3 aromatic rings. The molecule has 0 radical (unpaired) electrons. The van der Waals surface area contributed by atoms with Crippen molar-refractivity contribution in [3.05, 3.63) is 68.9 Å². The Morgan fingerprint density at radius 2 is 1.97 bits per heavy atom. The lowest BCUT2D eigenvalue weighted by molar-refractivity contribution is -0.122. The molecule has 2 aliphatic heterocycles. The van der Waals surface area contributed by atoms with E-state index in [4.69, 9.17) is 26.4 Å². The molecule has 2 fully saturated rings. The first-order chi connectivity index (χ1) is 16.3. The quantitative estimate of drug-likeness (QED) is 0.400. The summed E-state index contributed by atoms with van der Waals surface area (Å²) in [6.07, 6.45) is 4.86. The fourth-order valence-electron chi connectivity index (χ4n) is 4.34. The number of aromatic nitrogens is 2. The molecule has 5 rings (SSSR count). The molecule has 176 valence electrons. The van der Waals surface area contributed by atoms with Gasteiger partial charge in [0.15, 0.2) is 0 Å². The Bertz CT molecular complexity index is 1360. The van der Waals surface area contributed by atoms with E-state index in [1.165, 1.54) is 21.1 Å². The van der Waals surface area contributed by atoms with E-state index in [9.17, 15) is 9.59 Å². The van der Waals surface area contributed by atoms with Gasteiger partial charge in [-0.1, -0.05) is 30.0 Å². The molecule has 0 unspecified atom stereocenters. The molecule has 3 aromatic heterocycles. The third kappa shape index (κ3) is 4.17. The number of nitrogens with zero attached hydrogens (tertiary/aromatic N) is 4. The number of hydrogen-bond donors (Lipinski definition) is 0. The molecule has 8 nitrogen and oxygen atoms in total. The minimum atomic E-state index is -0.255. The van der Waals surface area contributed by atoms with Gasteiger partial charge in [0, 0.05) is 19.3 Å². The van der Waals surface area contributed by atoms with Gasteiger partial charge >= 0.3 is 0 Å². The van der Waals surface area contributed by atoms with Crippen LogP contribution in [0.5, 0.6) is 0 Å². The fourth-order valence-corrected chi connectivity index (χ4v) is 5.58. The first kappa shape index (κ1) is 22.8. The molecular weight excluding hydrogens is 472 g/mol. The fraction of sp³-hybridized carbons (Fsp3) is 0.333. The Morgan fingerprint density at radius 1 is 1.21 bits per heavy atom. The van der Waals surface area contributed by atoms with E-state index in [0.717, 1.165) is 5.56 Å². The summed E-state index contributed by atoms with van der Waals surface area (Å²) in [5.41, 5.74) is 1.62. The molecule has 2 aliphatic rings. The average Bonchev–Trinajstić information content (AvgIpc) is 3.39. The number of furan rings is 1. The van der Waals surface area contributed by atoms with Crippen LogP contribution in [0.3, 0.4) is 0 Å². The minimum Gasteiger partial charge on any atom is -0.467 e. The van der Waals surface area contributed by atoms with Crippen LogP contribution >= 0.6 is 24.0 Å². The Morgan fingerprint density at radius 3 is 2.68 bits per heavy atom. The van der Waals surface area contributed by atoms with Crippen LogP contribution in [0, 0.1) is 6.92 Å². The molecule has 10 heteroatoms. The minimum absolute atomic E-state index is 0.0137. The van der Waals surface area contributed by atoms with Gasteiger partial charge in [0.1, 0.15) is 21.5 Å². The predicted molar refractivity (Wildman–Crippen MR) is 136 cm³/mol. The summed E-state index contributed by atoms with van der Waals surface area (Å²) in [5.74, 6) is 0.935. The van der Waals surface area contributed by atoms with Gasteiger partial charge in [0.25, 0.3) is 11.5 Å². The number of pyridine rings is 1. The van der Waals surface area contributed by atoms with E-state index in [-0.39, 0.29) is 30.2 Å². The van der Waals surface area contributed by atoms with Gasteiger partial charge in [-0.05, 0) is 50.6 Å². The molecule has 0 N–H and O–H groups in total. The molecule has 5 heterocycles. The summed E-state index contributed by atoms with van der Waals surface area (Å²) >= 11 is 6.64. The number of fused-ring (bicyclic) bond motifs is 1. The van der Waals surface area contributed by atoms with Gasteiger partial charge in [0.2, 0.25) is 0 Å². The zero-order chi connectivity index (χ0) is 24.0. The van der Waals surface area contributed by atoms with Crippen molar-refractivity contribution in [3.63, 3.8) is 0 Å². The number of rotatable bonds is 4. The van der Waals surface area contributed by atoms with E-state index < -0.39 is 0 Å². The smallest absolute Gasteiger partial charge is 0.267 e. The van der Waals surface area contributed by atoms with Crippen LogP contribution in [0.25, 0.3) is 11.7 Å². The summed E-state index contributed by atoms with van der Waals surface area (Å²) in [6.45, 7) is 7.37. The SMILES string of the molecule is Cc1cccn2c(=O)c(/C=C3\SC(=S)N(Cc4ccco4)C3=O)c(N3C[C@H](C)O[C@@H](C)C3)nc12. The van der Waals surface area contributed by atoms with Gasteiger partial charge in [-0.2, -0.15) is 0 Å². The lowest BCUT2D eigenvalue weighted by Crippen LogP contribution is -2.46. The second-order valence-corrected chi connectivity index (χ2v) is 10.2. The van der Waals surface area contributed by atoms with Gasteiger partial charge in [-0.25, -0.2) is 4.98 Å². The molecule has 0 spiro atoms. The normalized spacial score (nSPS) is 22.4. The first-order valence-corrected chi connectivity index (χ1v) is 12.2. The molecule has 0 aliphatic carbocycles. The molecule has 0 saturated carbocycles. The van der Waals surface area contributed by atoms with E-state index in [0.29, 0.717) is 45.1 Å². The van der Waals surface area contributed by atoms with Crippen molar-refractivity contribution < 1.29 is 13.9 Å². The van der Waals surface area contributed by atoms with Crippen molar-refractivity contribution in [2.45, 2.75) is 39.5 Å². The Labute approximate surface area is 206 Å². The summed E-state index contributed by atoms with van der Waals surface area (Å²) < 4.78 is 13.2. The lowest BCUT2D eigenvalue weighted by Gasteiger charge is -2.36. The highest BCUT2D eigenvalue weighted by atomic mass is 32.2. The van der Waals surface area contributed by atoms with Crippen molar-refractivity contribution in [2.24, 2.45) is 0 Å². The molecule has 1 amide bonds. The molecule has 0 bridgehead atoms. The molecule has 2 atom stereocenters. The molecular formula is C24H24N4O4S2. The van der Waals surface area contributed by atoms with Crippen molar-refractivity contribution in [1.82, 2.24) is 14.3 Å². The second kappa shape index (κ2) is 9.01. The standard InChI is InChI=1S/C24H24N4O4S2/c1-14-6-4-8-27-20(14)25-21(26-11-15(2)32-16(3)12-26)18(22(27)29)10-19-23(30)28(24(33)34-19)13-17-7-5-9-31-17/h4-10,15-16H,11-13H2,1-3H3/b19-10-/t15-,16-/m0/s1. The monoisotopic (exact) mass is 496 g/mol. The number of aryl methyl sites for hydroxylation is 1. The van der Waals surface area contributed by atoms with Crippen LogP contribution in [-0.2, 0) is 16.1 Å². The average molecular weight is 497 g/mol. The van der Waals surface area contributed by atoms with E-state index >= 15 is 0 Å². The van der Waals surface area contributed by atoms with Crippen molar-refractivity contribution >= 4 is 51.7 Å². The zero-order valence-electron chi connectivity index (χ0n) is 19.1. The summed E-state index contributed by atoms with van der Waals surface area (Å²) in [6, 6.07) is 7.30. The van der Waals surface area contributed by atoms with Crippen LogP contribution in [-0.4, -0.2) is 49.8 Å². The molecule has 0 aromatic carbocycles. The van der Waals surface area contributed by atoms with Crippen LogP contribution in [0.2, 0.25) is 0 Å². The van der Waals surface area contributed by atoms with Crippen LogP contribution in [0.4, 0.5) is 5.82 Å². The van der Waals surface area contributed by atoms with E-state index in [1.807, 2.05) is 32.9 Å². The third-order valence-electron chi connectivity index (χ3n) is 5.83. The van der Waals surface area contributed by atoms with Crippen molar-refractivity contribution in [3.8, 4) is 0 Å². The van der Waals surface area contributed by atoms with Crippen molar-refractivity contribution in [2.75, 3.05) is 18.0 Å². The number of amides is 1. The summed E-state index contributed by atoms with van der Waals surface area (Å²) in [4.78, 5) is 35.7. The number of anilines is 1. The predicted octanol–water partition coefficient (Wildman–Crippen LogP) is 3.61. The Kier molecular flexibility index (Phi) is 6.05. The van der Waals surface area contributed by atoms with Crippen LogP contribution in [0.1, 0.15) is 30.7 Å². The highest BCUT2D eigenvalue weighted by Gasteiger charge is 2.34. The number of carbonyl (C=O) groups is 1. The zero-order valence-corrected chi connectivity index (χ0v) is 20.7. The number of thioether (sulfide) groups is 1. The molecule has 34 heavy (non-hydrogen) atoms. The number of ether oxygens (including phenoxy) is 1. The Balaban J connectivity index is 1.61. The van der Waals surface area contributed by atoms with Gasteiger partial charge in [-0.15, -0.1) is 0 Å². The lowest BCUT2D eigenvalue weighted by atomic mass is 10.1. The largest absolute Gasteiger partial charge is 0.467 e. The number of thiocarbonyl (C=S) groups is 1. The third-order valence-corrected chi connectivity index (χ3v) is 7.20. The number of morpholine rings is 1. The highest BCUT2D eigenvalue weighted by Crippen LogP contribution is 2.35. The second-order valence-electron chi connectivity index (χ2n) is 8.55. The Hall–Kier alpha value is -2.95. The summed E-state index contributed by atoms with van der Waals surface area (Å²) in [5, 5.41) is 0. The number of carbonyl (C=O) groups excluding carboxylic acids is 1. The maximum Gasteiger partial charge on any atom is 0.267 e. The van der Waals surface area contributed by atoms with Gasteiger partial charge in [-0.3, -0.25) is 18.9 Å². The topological polar surface area (TPSA) is 80.3 Å². The van der Waals surface area contributed by atoms with Crippen LogP contribution < -0.4 is 10.5 Å². The molecule has 2 saturated heterocycles. The van der Waals surface area contributed by atoms with Crippen LogP contribution in [0.15, 0.2) is 50.8 Å². The van der Waals surface area contributed by atoms with E-state index in [2.05, 4.69) is 4.90 Å². The maximum absolute atomic E-state index is 13.7. The summed E-state index contributed by atoms with van der Waals surface area (Å²) in [7, 11) is 0.